The smallest absolute Gasteiger partial charge is 0.163 e. The third-order valence-electron chi connectivity index (χ3n) is 3.74. The van der Waals surface area contributed by atoms with Crippen molar-refractivity contribution in [3.05, 3.63) is 47.7 Å². The molecule has 0 spiro atoms. The first-order chi connectivity index (χ1) is 10.7. The van der Waals surface area contributed by atoms with Crippen molar-refractivity contribution in [3.63, 3.8) is 0 Å². The minimum absolute atomic E-state index is 0.361. The van der Waals surface area contributed by atoms with Crippen LogP contribution in [-0.4, -0.2) is 39.7 Å². The fraction of sp³-hybridized carbons (Fsp3) is 0.267. The molecule has 3 rings (SSSR count). The van der Waals surface area contributed by atoms with E-state index in [4.69, 9.17) is 17.1 Å². The lowest BCUT2D eigenvalue weighted by Crippen LogP contribution is -2.48. The third kappa shape index (κ3) is 2.28. The van der Waals surface area contributed by atoms with E-state index in [9.17, 15) is 4.79 Å². The van der Waals surface area contributed by atoms with Crippen molar-refractivity contribution in [2.75, 3.05) is 18.8 Å². The van der Waals surface area contributed by atoms with Crippen LogP contribution in [0.25, 0.3) is 0 Å². The lowest BCUT2D eigenvalue weighted by atomic mass is 10.1. The average Bonchev–Trinajstić information content (AvgIpc) is 2.94. The third-order valence-corrected chi connectivity index (χ3v) is 4.20. The summed E-state index contributed by atoms with van der Waals surface area (Å²) in [6, 6.07) is 9.10. The Morgan fingerprint density at radius 1 is 1.36 bits per heavy atom. The van der Waals surface area contributed by atoms with E-state index < -0.39 is 6.04 Å². The van der Waals surface area contributed by atoms with Gasteiger partial charge in [-0.2, -0.15) is 5.10 Å². The molecule has 0 saturated carbocycles. The molecular formula is C15H16N4O2S. The van der Waals surface area contributed by atoms with Crippen molar-refractivity contribution in [1.29, 1.82) is 0 Å². The van der Waals surface area contributed by atoms with Crippen molar-refractivity contribution in [2.45, 2.75) is 6.04 Å². The molecule has 2 aromatic rings. The minimum Gasteiger partial charge on any atom is -0.328 e. The molecule has 22 heavy (non-hydrogen) atoms. The van der Waals surface area contributed by atoms with Gasteiger partial charge >= 0.3 is 0 Å². The number of nitrogens with zero attached hydrogens (tertiary/aromatic N) is 4. The number of hydrogen-bond donors (Lipinski definition) is 0. The monoisotopic (exact) mass is 316 g/mol. The molecule has 0 bridgehead atoms. The van der Waals surface area contributed by atoms with E-state index in [2.05, 4.69) is 5.10 Å². The van der Waals surface area contributed by atoms with Crippen LogP contribution >= 0.6 is 12.2 Å². The Balaban J connectivity index is 2.02. The first kappa shape index (κ1) is 14.7. The number of rotatable bonds is 4. The molecular weight excluding hydrogens is 300 g/mol. The summed E-state index contributed by atoms with van der Waals surface area (Å²) in [5.41, 5.74) is 1.68. The van der Waals surface area contributed by atoms with Crippen molar-refractivity contribution in [3.8, 4) is 0 Å². The van der Waals surface area contributed by atoms with Crippen molar-refractivity contribution in [1.82, 2.24) is 14.7 Å². The van der Waals surface area contributed by atoms with Gasteiger partial charge in [-0.1, -0.05) is 42.5 Å². The zero-order valence-corrected chi connectivity index (χ0v) is 13.2. The molecule has 2 heterocycles. The summed E-state index contributed by atoms with van der Waals surface area (Å²) < 4.78 is 1.71. The Hall–Kier alpha value is -2.25. The van der Waals surface area contributed by atoms with Gasteiger partial charge in [0.1, 0.15) is 24.0 Å². The zero-order valence-electron chi connectivity index (χ0n) is 12.3. The first-order valence-electron chi connectivity index (χ1n) is 6.82. The summed E-state index contributed by atoms with van der Waals surface area (Å²) >= 11 is 5.57. The topological polar surface area (TPSA) is 50.6 Å². The SMILES string of the molecule is CON1CN(C(C=O)c2ccccc2)C(=S)c2cnn(C)c21. The normalized spacial score (nSPS) is 15.6. The number of thiocarbonyl (C=S) groups is 1. The molecule has 1 aromatic heterocycles. The highest BCUT2D eigenvalue weighted by Crippen LogP contribution is 2.32. The van der Waals surface area contributed by atoms with Gasteiger partial charge in [-0.05, 0) is 5.56 Å². The molecule has 1 aromatic carbocycles. The summed E-state index contributed by atoms with van der Waals surface area (Å²) in [6.07, 6.45) is 2.60. The largest absolute Gasteiger partial charge is 0.328 e. The minimum atomic E-state index is -0.459. The molecule has 0 radical (unpaired) electrons. The Kier molecular flexibility index (Phi) is 3.91. The van der Waals surface area contributed by atoms with Gasteiger partial charge in [0.2, 0.25) is 0 Å². The fourth-order valence-electron chi connectivity index (χ4n) is 2.64. The Morgan fingerprint density at radius 2 is 2.09 bits per heavy atom. The summed E-state index contributed by atoms with van der Waals surface area (Å²) in [7, 11) is 3.42. The maximum Gasteiger partial charge on any atom is 0.163 e. The number of aryl methyl sites for hydroxylation is 1. The van der Waals surface area contributed by atoms with Crippen molar-refractivity contribution >= 4 is 29.3 Å². The number of carbonyl (C=O) groups excluding carboxylic acids is 1. The van der Waals surface area contributed by atoms with E-state index in [1.54, 1.807) is 23.1 Å². The van der Waals surface area contributed by atoms with Crippen LogP contribution in [0, 0.1) is 0 Å². The summed E-state index contributed by atoms with van der Waals surface area (Å²) in [4.78, 5) is 19.5. The van der Waals surface area contributed by atoms with Gasteiger partial charge < -0.3 is 9.69 Å². The number of aromatic nitrogens is 2. The highest BCUT2D eigenvalue weighted by Gasteiger charge is 2.34. The van der Waals surface area contributed by atoms with Crippen LogP contribution in [0.1, 0.15) is 17.2 Å². The van der Waals surface area contributed by atoms with Crippen LogP contribution in [0.2, 0.25) is 0 Å². The van der Waals surface area contributed by atoms with E-state index >= 15 is 0 Å². The van der Waals surface area contributed by atoms with Crippen LogP contribution in [0.4, 0.5) is 5.82 Å². The van der Waals surface area contributed by atoms with Gasteiger partial charge in [0.25, 0.3) is 0 Å². The van der Waals surface area contributed by atoms with E-state index in [-0.39, 0.29) is 0 Å². The molecule has 114 valence electrons. The quantitative estimate of drug-likeness (QED) is 0.632. The second kappa shape index (κ2) is 5.86. The molecule has 1 aliphatic rings. The van der Waals surface area contributed by atoms with E-state index in [0.717, 1.165) is 23.2 Å². The molecule has 0 aliphatic carbocycles. The highest BCUT2D eigenvalue weighted by atomic mass is 32.1. The summed E-state index contributed by atoms with van der Waals surface area (Å²) in [6.45, 7) is 0.361. The maximum atomic E-state index is 11.7. The van der Waals surface area contributed by atoms with Gasteiger partial charge in [-0.25, -0.2) is 5.06 Å². The molecule has 6 nitrogen and oxygen atoms in total. The van der Waals surface area contributed by atoms with Gasteiger partial charge in [0.15, 0.2) is 5.82 Å². The number of benzene rings is 1. The van der Waals surface area contributed by atoms with Gasteiger partial charge in [-0.3, -0.25) is 9.52 Å². The van der Waals surface area contributed by atoms with Crippen LogP contribution in [-0.2, 0) is 16.7 Å². The number of hydrogen-bond acceptors (Lipinski definition) is 5. The van der Waals surface area contributed by atoms with Crippen molar-refractivity contribution in [2.24, 2.45) is 7.05 Å². The molecule has 0 fully saturated rings. The van der Waals surface area contributed by atoms with E-state index in [1.165, 1.54) is 0 Å². The molecule has 1 aliphatic heterocycles. The summed E-state index contributed by atoms with van der Waals surface area (Å²) in [5.74, 6) is 0.793. The Bertz CT molecular complexity index is 701. The second-order valence-corrected chi connectivity index (χ2v) is 5.36. The lowest BCUT2D eigenvalue weighted by Gasteiger charge is -2.39. The van der Waals surface area contributed by atoms with Crippen LogP contribution < -0.4 is 5.06 Å². The number of aldehydes is 1. The van der Waals surface area contributed by atoms with Crippen molar-refractivity contribution < 1.29 is 9.63 Å². The van der Waals surface area contributed by atoms with Gasteiger partial charge in [0, 0.05) is 7.05 Å². The Morgan fingerprint density at radius 3 is 2.73 bits per heavy atom. The fourth-order valence-corrected chi connectivity index (χ4v) is 2.96. The maximum absolute atomic E-state index is 11.7. The molecule has 0 saturated heterocycles. The predicted molar refractivity (Wildman–Crippen MR) is 86.3 cm³/mol. The number of hydroxylamine groups is 1. The second-order valence-electron chi connectivity index (χ2n) is 4.97. The molecule has 0 N–H and O–H groups in total. The van der Waals surface area contributed by atoms with Gasteiger partial charge in [-0.15, -0.1) is 0 Å². The number of fused-ring (bicyclic) bond motifs is 1. The molecule has 7 heteroatoms. The predicted octanol–water partition coefficient (Wildman–Crippen LogP) is 1.68. The van der Waals surface area contributed by atoms with Crippen LogP contribution in [0.5, 0.6) is 0 Å². The van der Waals surface area contributed by atoms with Gasteiger partial charge in [0.05, 0.1) is 18.9 Å². The lowest BCUT2D eigenvalue weighted by molar-refractivity contribution is -0.111. The molecule has 0 amide bonds. The molecule has 1 unspecified atom stereocenters. The Labute approximate surface area is 133 Å². The number of anilines is 1. The van der Waals surface area contributed by atoms with Crippen LogP contribution in [0.15, 0.2) is 36.5 Å². The zero-order chi connectivity index (χ0) is 15.7. The summed E-state index contributed by atoms with van der Waals surface area (Å²) in [5, 5.41) is 5.91. The first-order valence-corrected chi connectivity index (χ1v) is 7.23. The number of carbonyl (C=O) groups is 1. The van der Waals surface area contributed by atoms with Crippen LogP contribution in [0.3, 0.4) is 0 Å². The van der Waals surface area contributed by atoms with E-state index in [0.29, 0.717) is 11.7 Å². The standard InChI is InChI=1S/C15H16N4O2S/c1-17-14-12(8-16-17)15(22)18(10-19(14)21-2)13(9-20)11-6-4-3-5-7-11/h3-9,13H,10H2,1-2H3. The average molecular weight is 316 g/mol. The van der Waals surface area contributed by atoms with E-state index in [1.807, 2.05) is 42.3 Å². The molecule has 1 atom stereocenters. The highest BCUT2D eigenvalue weighted by molar-refractivity contribution is 7.80.